The van der Waals surface area contributed by atoms with Gasteiger partial charge in [0.15, 0.2) is 6.29 Å². The van der Waals surface area contributed by atoms with Crippen molar-refractivity contribution in [3.05, 3.63) is 12.2 Å². The molecule has 0 aromatic heterocycles. The predicted octanol–water partition coefficient (Wildman–Crippen LogP) is 13.2. The molecule has 0 bridgehead atoms. The van der Waals surface area contributed by atoms with Crippen molar-refractivity contribution in [1.29, 1.82) is 0 Å². The summed E-state index contributed by atoms with van der Waals surface area (Å²) in [5.74, 6) is -0.151. The molecule has 6 N–H and O–H groups in total. The van der Waals surface area contributed by atoms with E-state index in [2.05, 4.69) is 31.3 Å². The number of aliphatic hydroxyl groups is 5. The van der Waals surface area contributed by atoms with Crippen LogP contribution < -0.4 is 5.32 Å². The number of hydrogen-bond acceptors (Lipinski definition) is 8. The smallest absolute Gasteiger partial charge is 0.220 e. The maximum atomic E-state index is 13.0. The Hall–Kier alpha value is -1.07. The van der Waals surface area contributed by atoms with Crippen LogP contribution in [0.5, 0.6) is 0 Å². The lowest BCUT2D eigenvalue weighted by atomic mass is 9.99. The van der Waals surface area contributed by atoms with E-state index in [0.717, 1.165) is 51.4 Å². The zero-order chi connectivity index (χ0) is 46.6. The Morgan fingerprint density at radius 2 is 0.875 bits per heavy atom. The van der Waals surface area contributed by atoms with E-state index in [4.69, 9.17) is 9.47 Å². The molecule has 7 unspecified atom stereocenters. The standard InChI is InChI=1S/C55H107NO8/c1-3-5-7-9-11-13-15-17-18-19-20-21-22-23-24-25-26-27-28-29-30-31-32-33-34-36-38-40-42-44-49(58)48(47-63-55-54(62)53(61)52(60)50(46-57)64-55)56-51(59)45-43-41-39-37-35-16-14-12-10-8-6-4-2/h12,14,48-50,52-55,57-58,60-62H,3-11,13,15-47H2,1-2H3,(H,56,59)/b14-12-. The van der Waals surface area contributed by atoms with Crippen molar-refractivity contribution in [2.75, 3.05) is 13.2 Å². The first kappa shape index (κ1) is 60.9. The molecular weight excluding hydrogens is 803 g/mol. The fraction of sp³-hybridized carbons (Fsp3) is 0.945. The summed E-state index contributed by atoms with van der Waals surface area (Å²) in [6.07, 6.45) is 48.3. The minimum Gasteiger partial charge on any atom is -0.394 e. The van der Waals surface area contributed by atoms with Crippen LogP contribution in [0, 0.1) is 0 Å². The molecule has 1 aliphatic heterocycles. The SMILES string of the molecule is CCCCC/C=C\CCCCCCCC(=O)NC(COC1OC(CO)C(O)C(O)C1O)C(O)CCCCCCCCCCCCCCCCCCCCCCCCCCCCCCC. The first-order chi connectivity index (χ1) is 31.3. The summed E-state index contributed by atoms with van der Waals surface area (Å²) >= 11 is 0. The molecule has 1 fully saturated rings. The first-order valence-electron chi connectivity index (χ1n) is 27.9. The highest BCUT2D eigenvalue weighted by Crippen LogP contribution is 2.23. The Bertz CT molecular complexity index is 1010. The Kier molecular flexibility index (Phi) is 43.5. The largest absolute Gasteiger partial charge is 0.394 e. The average Bonchev–Trinajstić information content (AvgIpc) is 3.29. The third-order valence-electron chi connectivity index (χ3n) is 13.6. The molecule has 7 atom stereocenters. The van der Waals surface area contributed by atoms with Crippen LogP contribution in [0.15, 0.2) is 12.2 Å². The number of allylic oxidation sites excluding steroid dienone is 2. The third kappa shape index (κ3) is 35.1. The lowest BCUT2D eigenvalue weighted by Crippen LogP contribution is -2.60. The van der Waals surface area contributed by atoms with Gasteiger partial charge in [0.1, 0.15) is 24.4 Å². The zero-order valence-electron chi connectivity index (χ0n) is 42.1. The van der Waals surface area contributed by atoms with Crippen molar-refractivity contribution in [2.24, 2.45) is 0 Å². The van der Waals surface area contributed by atoms with E-state index in [1.807, 2.05) is 0 Å². The van der Waals surface area contributed by atoms with Gasteiger partial charge in [0.25, 0.3) is 0 Å². The van der Waals surface area contributed by atoms with Crippen LogP contribution in [0.25, 0.3) is 0 Å². The van der Waals surface area contributed by atoms with E-state index in [0.29, 0.717) is 12.8 Å². The fourth-order valence-corrected chi connectivity index (χ4v) is 9.16. The van der Waals surface area contributed by atoms with Gasteiger partial charge < -0.3 is 40.3 Å². The van der Waals surface area contributed by atoms with Gasteiger partial charge in [-0.25, -0.2) is 0 Å². The van der Waals surface area contributed by atoms with Gasteiger partial charge in [-0.15, -0.1) is 0 Å². The van der Waals surface area contributed by atoms with Crippen LogP contribution in [0.2, 0.25) is 0 Å². The maximum Gasteiger partial charge on any atom is 0.220 e. The number of ether oxygens (including phenoxy) is 2. The van der Waals surface area contributed by atoms with Crippen molar-refractivity contribution in [2.45, 2.75) is 320 Å². The molecule has 0 aliphatic carbocycles. The van der Waals surface area contributed by atoms with Gasteiger partial charge in [-0.2, -0.15) is 0 Å². The van der Waals surface area contributed by atoms with Crippen LogP contribution in [-0.2, 0) is 14.3 Å². The number of nitrogens with one attached hydrogen (secondary N) is 1. The van der Waals surface area contributed by atoms with Crippen molar-refractivity contribution < 1.29 is 39.8 Å². The van der Waals surface area contributed by atoms with Crippen molar-refractivity contribution in [3.8, 4) is 0 Å². The number of unbranched alkanes of at least 4 members (excludes halogenated alkanes) is 36. The van der Waals surface area contributed by atoms with Crippen molar-refractivity contribution in [3.63, 3.8) is 0 Å². The van der Waals surface area contributed by atoms with Crippen LogP contribution in [0.4, 0.5) is 0 Å². The Morgan fingerprint density at radius 3 is 1.30 bits per heavy atom. The second-order valence-corrected chi connectivity index (χ2v) is 19.7. The molecule has 64 heavy (non-hydrogen) atoms. The molecule has 1 saturated heterocycles. The molecule has 1 amide bonds. The maximum absolute atomic E-state index is 13.0. The van der Waals surface area contributed by atoms with Gasteiger partial charge in [0.2, 0.25) is 5.91 Å². The Labute approximate surface area is 395 Å². The molecule has 1 rings (SSSR count). The van der Waals surface area contributed by atoms with E-state index in [-0.39, 0.29) is 12.5 Å². The molecule has 1 aliphatic rings. The van der Waals surface area contributed by atoms with Crippen LogP contribution in [0.3, 0.4) is 0 Å². The van der Waals surface area contributed by atoms with Gasteiger partial charge in [0.05, 0.1) is 25.4 Å². The summed E-state index contributed by atoms with van der Waals surface area (Å²) in [5, 5.41) is 54.5. The summed E-state index contributed by atoms with van der Waals surface area (Å²) in [4.78, 5) is 13.0. The van der Waals surface area contributed by atoms with Crippen molar-refractivity contribution in [1.82, 2.24) is 5.32 Å². The second kappa shape index (κ2) is 45.7. The van der Waals surface area contributed by atoms with Gasteiger partial charge in [-0.1, -0.05) is 244 Å². The lowest BCUT2D eigenvalue weighted by Gasteiger charge is -2.40. The molecule has 1 heterocycles. The van der Waals surface area contributed by atoms with Crippen LogP contribution in [0.1, 0.15) is 277 Å². The average molecular weight is 910 g/mol. The summed E-state index contributed by atoms with van der Waals surface area (Å²) in [6.45, 7) is 3.83. The first-order valence-corrected chi connectivity index (χ1v) is 27.9. The topological polar surface area (TPSA) is 149 Å². The normalized spacial score (nSPS) is 20.0. The van der Waals surface area contributed by atoms with Gasteiger partial charge in [0, 0.05) is 6.42 Å². The molecule has 9 heteroatoms. The summed E-state index contributed by atoms with van der Waals surface area (Å²) in [7, 11) is 0. The van der Waals surface area contributed by atoms with Gasteiger partial charge in [-0.3, -0.25) is 4.79 Å². The van der Waals surface area contributed by atoms with E-state index in [9.17, 15) is 30.3 Å². The zero-order valence-corrected chi connectivity index (χ0v) is 42.1. The Balaban J connectivity index is 2.13. The number of aliphatic hydroxyl groups excluding tert-OH is 5. The number of carbonyl (C=O) groups excluding carboxylic acids is 1. The summed E-state index contributed by atoms with van der Waals surface area (Å²) in [5.41, 5.74) is 0. The van der Waals surface area contributed by atoms with E-state index in [1.165, 1.54) is 199 Å². The molecule has 9 nitrogen and oxygen atoms in total. The summed E-state index contributed by atoms with van der Waals surface area (Å²) in [6, 6.07) is -0.720. The van der Waals surface area contributed by atoms with E-state index in [1.54, 1.807) is 0 Å². The molecule has 0 aromatic carbocycles. The highest BCUT2D eigenvalue weighted by molar-refractivity contribution is 5.76. The number of amides is 1. The minimum absolute atomic E-state index is 0.138. The lowest BCUT2D eigenvalue weighted by molar-refractivity contribution is -0.302. The number of hydrogen-bond donors (Lipinski definition) is 6. The number of carbonyl (C=O) groups is 1. The molecule has 0 aromatic rings. The van der Waals surface area contributed by atoms with Gasteiger partial charge >= 0.3 is 0 Å². The molecule has 0 spiro atoms. The molecule has 380 valence electrons. The highest BCUT2D eigenvalue weighted by Gasteiger charge is 2.44. The van der Waals surface area contributed by atoms with Crippen molar-refractivity contribution >= 4 is 5.91 Å². The fourth-order valence-electron chi connectivity index (χ4n) is 9.16. The molecule has 0 saturated carbocycles. The monoisotopic (exact) mass is 910 g/mol. The Morgan fingerprint density at radius 1 is 0.516 bits per heavy atom. The van der Waals surface area contributed by atoms with E-state index >= 15 is 0 Å². The summed E-state index contributed by atoms with van der Waals surface area (Å²) < 4.78 is 11.3. The molecular formula is C55H107NO8. The van der Waals surface area contributed by atoms with Gasteiger partial charge in [-0.05, 0) is 38.5 Å². The number of rotatable bonds is 48. The highest BCUT2D eigenvalue weighted by atomic mass is 16.7. The van der Waals surface area contributed by atoms with E-state index < -0.39 is 49.5 Å². The second-order valence-electron chi connectivity index (χ2n) is 19.7. The minimum atomic E-state index is -1.55. The van der Waals surface area contributed by atoms with Crippen LogP contribution >= 0.6 is 0 Å². The quantitative estimate of drug-likeness (QED) is 0.0261. The molecule has 0 radical (unpaired) electrons. The third-order valence-corrected chi connectivity index (χ3v) is 13.6. The predicted molar refractivity (Wildman–Crippen MR) is 267 cm³/mol. The van der Waals surface area contributed by atoms with Crippen LogP contribution in [-0.4, -0.2) is 87.5 Å².